The fourth-order valence-electron chi connectivity index (χ4n) is 2.63. The fraction of sp³-hybridized carbons (Fsp3) is 0.824. The minimum atomic E-state index is -1.44. The summed E-state index contributed by atoms with van der Waals surface area (Å²) in [5.41, 5.74) is 0. The van der Waals surface area contributed by atoms with Crippen LogP contribution in [0.3, 0.4) is 0 Å². The number of nitrogens with zero attached hydrogens (tertiary/aromatic N) is 2. The first kappa shape index (κ1) is 37.6. The summed E-state index contributed by atoms with van der Waals surface area (Å²) in [6, 6.07) is -3.43. The molecule has 0 rings (SSSR count). The molecule has 0 aliphatic heterocycles. The van der Waals surface area contributed by atoms with Gasteiger partial charge in [0.05, 0.1) is 24.0 Å². The van der Waals surface area contributed by atoms with Crippen LogP contribution in [0.2, 0.25) is 0 Å². The van der Waals surface area contributed by atoms with E-state index in [2.05, 4.69) is 0 Å². The average Bonchev–Trinajstić information content (AvgIpc) is 2.57. The largest absolute Gasteiger partial charge is 1.00 e. The third-order valence-corrected chi connectivity index (χ3v) is 4.55. The number of hydrogen-bond acceptors (Lipinski definition) is 9. The maximum absolute atomic E-state index is 11.2. The molecule has 9 nitrogen and oxygen atoms in total. The van der Waals surface area contributed by atoms with Crippen molar-refractivity contribution in [2.24, 2.45) is 0 Å². The number of aliphatic carboxylic acids is 3. The molecule has 29 heavy (non-hydrogen) atoms. The van der Waals surface area contributed by atoms with Crippen LogP contribution in [-0.4, -0.2) is 76.7 Å². The first-order valence-corrected chi connectivity index (χ1v) is 8.83. The van der Waals surface area contributed by atoms with Crippen LogP contribution in [-0.2, 0) is 14.4 Å². The molecule has 0 aromatic heterocycles. The Morgan fingerprint density at radius 3 is 1.59 bits per heavy atom. The molecule has 0 bridgehead atoms. The second-order valence-electron chi connectivity index (χ2n) is 6.51. The summed E-state index contributed by atoms with van der Waals surface area (Å²) in [4.78, 5) is 36.1. The molecule has 0 aliphatic carbocycles. The molecule has 0 saturated carbocycles. The van der Waals surface area contributed by atoms with E-state index in [1.807, 2.05) is 6.92 Å². The molecule has 0 aromatic rings. The van der Waals surface area contributed by atoms with Crippen LogP contribution < -0.4 is 104 Å². The Balaban J connectivity index is -0.00000104. The Morgan fingerprint density at radius 2 is 1.24 bits per heavy atom. The quantitative estimate of drug-likeness (QED) is 0.259. The van der Waals surface area contributed by atoms with Gasteiger partial charge < -0.3 is 34.8 Å². The normalized spacial score (nSPS) is 14.6. The number of carboxylic acids is 3. The summed E-state index contributed by atoms with van der Waals surface area (Å²) < 4.78 is 0. The third kappa shape index (κ3) is 14.9. The molecule has 0 aromatic carbocycles. The molecular formula is C17H29N2Na3O7. The van der Waals surface area contributed by atoms with Crippen LogP contribution >= 0.6 is 0 Å². The monoisotopic (exact) mass is 442 g/mol. The van der Waals surface area contributed by atoms with Crippen molar-refractivity contribution >= 4 is 17.9 Å². The Bertz CT molecular complexity index is 466. The predicted octanol–water partition coefficient (Wildman–Crippen LogP) is -12.4. The van der Waals surface area contributed by atoms with E-state index in [0.717, 1.165) is 17.7 Å². The number of rotatable bonds is 14. The first-order valence-electron chi connectivity index (χ1n) is 8.83. The van der Waals surface area contributed by atoms with Crippen molar-refractivity contribution in [2.45, 2.75) is 71.2 Å². The van der Waals surface area contributed by atoms with Gasteiger partial charge in [-0.05, 0) is 27.2 Å². The second-order valence-corrected chi connectivity index (χ2v) is 6.51. The molecule has 0 aliphatic rings. The Labute approximate surface area is 239 Å². The summed E-state index contributed by atoms with van der Waals surface area (Å²) in [6.07, 6.45) is 1.42. The van der Waals surface area contributed by atoms with Gasteiger partial charge in [0.15, 0.2) is 0 Å². The predicted molar refractivity (Wildman–Crippen MR) is 87.2 cm³/mol. The van der Waals surface area contributed by atoms with E-state index < -0.39 is 42.1 Å². The van der Waals surface area contributed by atoms with Crippen LogP contribution in [0.25, 0.3) is 0 Å². The number of carbonyl (C=O) groups is 3. The summed E-state index contributed by atoms with van der Waals surface area (Å²) in [5.74, 6) is -4.22. The van der Waals surface area contributed by atoms with E-state index in [9.17, 15) is 34.8 Å². The van der Waals surface area contributed by atoms with E-state index in [1.165, 1.54) is 25.7 Å². The van der Waals surface area contributed by atoms with Crippen LogP contribution in [0.15, 0.2) is 0 Å². The summed E-state index contributed by atoms with van der Waals surface area (Å²) in [5, 5.41) is 43.5. The summed E-state index contributed by atoms with van der Waals surface area (Å²) in [7, 11) is 0. The van der Waals surface area contributed by atoms with Crippen LogP contribution in [0.1, 0.15) is 47.0 Å². The number of carbonyl (C=O) groups excluding carboxylic acids is 3. The van der Waals surface area contributed by atoms with Crippen molar-refractivity contribution in [3.63, 3.8) is 0 Å². The molecule has 0 fully saturated rings. The fourth-order valence-corrected chi connectivity index (χ4v) is 2.63. The minimum Gasteiger partial charge on any atom is -0.548 e. The average molecular weight is 442 g/mol. The van der Waals surface area contributed by atoms with Crippen molar-refractivity contribution in [3.8, 4) is 0 Å². The van der Waals surface area contributed by atoms with Crippen molar-refractivity contribution in [2.75, 3.05) is 19.6 Å². The zero-order valence-electron chi connectivity index (χ0n) is 18.8. The molecule has 0 saturated heterocycles. The van der Waals surface area contributed by atoms with Crippen LogP contribution in [0.5, 0.6) is 0 Å². The van der Waals surface area contributed by atoms with Crippen molar-refractivity contribution in [1.29, 1.82) is 0 Å². The molecule has 1 N–H and O–H groups in total. The molecule has 0 heterocycles. The van der Waals surface area contributed by atoms with Crippen LogP contribution in [0, 0.1) is 0 Å². The van der Waals surface area contributed by atoms with Crippen molar-refractivity contribution in [1.82, 2.24) is 9.80 Å². The summed E-state index contributed by atoms with van der Waals surface area (Å²) >= 11 is 0. The van der Waals surface area contributed by atoms with Gasteiger partial charge in [0.1, 0.15) is 0 Å². The maximum Gasteiger partial charge on any atom is 1.00 e. The smallest absolute Gasteiger partial charge is 0.548 e. The number of aliphatic hydroxyl groups excluding tert-OH is 1. The first-order chi connectivity index (χ1) is 12.0. The van der Waals surface area contributed by atoms with Crippen molar-refractivity contribution < 1.29 is 123 Å². The summed E-state index contributed by atoms with van der Waals surface area (Å²) in [6.45, 7) is 5.98. The third-order valence-electron chi connectivity index (χ3n) is 4.55. The molecule has 12 heteroatoms. The topological polar surface area (TPSA) is 147 Å². The molecule has 4 unspecified atom stereocenters. The van der Waals surface area contributed by atoms with Gasteiger partial charge in [0.2, 0.25) is 0 Å². The van der Waals surface area contributed by atoms with Gasteiger partial charge >= 0.3 is 88.7 Å². The maximum atomic E-state index is 11.2. The van der Waals surface area contributed by atoms with Gasteiger partial charge in [-0.3, -0.25) is 9.80 Å². The zero-order chi connectivity index (χ0) is 20.4. The van der Waals surface area contributed by atoms with Crippen molar-refractivity contribution in [3.05, 3.63) is 0 Å². The van der Waals surface area contributed by atoms with Gasteiger partial charge in [0, 0.05) is 37.8 Å². The molecule has 0 radical (unpaired) electrons. The van der Waals surface area contributed by atoms with Gasteiger partial charge in [-0.15, -0.1) is 0 Å². The second kappa shape index (κ2) is 19.9. The van der Waals surface area contributed by atoms with E-state index in [4.69, 9.17) is 0 Å². The van der Waals surface area contributed by atoms with E-state index in [0.29, 0.717) is 6.42 Å². The zero-order valence-corrected chi connectivity index (χ0v) is 24.8. The Kier molecular flexibility index (Phi) is 25.8. The minimum absolute atomic E-state index is 0. The van der Waals surface area contributed by atoms with Gasteiger partial charge in [-0.25, -0.2) is 0 Å². The van der Waals surface area contributed by atoms with Gasteiger partial charge in [0.25, 0.3) is 0 Å². The van der Waals surface area contributed by atoms with E-state index >= 15 is 0 Å². The number of hydrogen-bond donors (Lipinski definition) is 1. The molecular weight excluding hydrogens is 413 g/mol. The van der Waals surface area contributed by atoms with Gasteiger partial charge in [-0.1, -0.05) is 19.8 Å². The van der Waals surface area contributed by atoms with Gasteiger partial charge in [-0.2, -0.15) is 0 Å². The number of aliphatic hydroxyl groups is 1. The molecule has 0 spiro atoms. The Hall–Kier alpha value is 1.29. The Morgan fingerprint density at radius 1 is 0.828 bits per heavy atom. The number of carboxylic acid groups (broad SMARTS) is 3. The SMILES string of the molecule is CCCCC(O)CN(CCN(C(C)C(=O)[O-])C(C)C(=O)[O-])C(C)C(=O)[O-].[Na+].[Na+].[Na+]. The van der Waals surface area contributed by atoms with E-state index in [1.54, 1.807) is 0 Å². The number of unbranched alkanes of at least 4 members (excludes halogenated alkanes) is 1. The molecule has 152 valence electrons. The standard InChI is InChI=1S/C17H32N2O7.3Na/c1-5-6-7-14(20)10-18(11(2)15(21)22)8-9-19(12(3)16(23)24)13(4)17(25)26;;;/h11-14,20H,5-10H2,1-4H3,(H,21,22)(H,23,24)(H,25,26);;;/q;3*+1/p-3. The molecule has 0 amide bonds. The van der Waals surface area contributed by atoms with Crippen LogP contribution in [0.4, 0.5) is 0 Å². The molecule has 4 atom stereocenters. The van der Waals surface area contributed by atoms with E-state index in [-0.39, 0.29) is 108 Å².